The fourth-order valence-corrected chi connectivity index (χ4v) is 6.32. The van der Waals surface area contributed by atoms with Crippen molar-refractivity contribution in [3.05, 3.63) is 371 Å². The van der Waals surface area contributed by atoms with E-state index in [1.54, 1.807) is 33.1 Å². The van der Waals surface area contributed by atoms with Crippen molar-refractivity contribution in [2.24, 2.45) is 5.73 Å². The molecule has 0 atom stereocenters. The number of benzene rings is 11. The van der Waals surface area contributed by atoms with Crippen molar-refractivity contribution in [3.63, 3.8) is 0 Å². The Bertz CT molecular complexity index is 2880. The van der Waals surface area contributed by atoms with Gasteiger partial charge in [-0.1, -0.05) is 393 Å². The zero-order valence-electron chi connectivity index (χ0n) is 66.7. The van der Waals surface area contributed by atoms with Gasteiger partial charge in [0.25, 0.3) is 0 Å². The number of halogens is 2. The molecule has 7 nitrogen and oxygen atoms in total. The Morgan fingerprint density at radius 3 is 0.670 bits per heavy atom. The van der Waals surface area contributed by atoms with Crippen LogP contribution in [0.15, 0.2) is 315 Å². The smallest absolute Gasteiger partial charge is 0.302 e. The van der Waals surface area contributed by atoms with E-state index < -0.39 is 0 Å². The zero-order chi connectivity index (χ0) is 78.7. The van der Waals surface area contributed by atoms with Gasteiger partial charge in [-0.15, -0.1) is 11.6 Å². The highest BCUT2D eigenvalue weighted by molar-refractivity contribution is 7.97. The summed E-state index contributed by atoms with van der Waals surface area (Å²) in [5.74, 6) is -0.579. The Morgan fingerprint density at radius 1 is 0.369 bits per heavy atom. The maximum absolute atomic E-state index is 9.59. The molecule has 0 fully saturated rings. The molecule has 2 N–H and O–H groups in total. The van der Waals surface area contributed by atoms with E-state index in [9.17, 15) is 14.0 Å². The van der Waals surface area contributed by atoms with Gasteiger partial charge in [0.2, 0.25) is 5.91 Å². The molecule has 0 unspecified atom stereocenters. The van der Waals surface area contributed by atoms with Gasteiger partial charge >= 0.3 is 5.97 Å². The number of thioether (sulfide) groups is 1. The van der Waals surface area contributed by atoms with Gasteiger partial charge in [0.05, 0.1) is 20.9 Å². The van der Waals surface area contributed by atoms with Crippen LogP contribution in [-0.4, -0.2) is 92.4 Å². The van der Waals surface area contributed by atoms with Crippen molar-refractivity contribution in [2.45, 2.75) is 110 Å². The molecule has 566 valence electrons. The number of alkyl halides is 2. The monoisotopic (exact) mass is 1440 g/mol. The number of hydrogen-bond donors (Lipinski definition) is 1. The summed E-state index contributed by atoms with van der Waals surface area (Å²) in [4.78, 5) is 20.8. The number of fused-ring (bicyclic) bond motifs is 1. The number of nitrogens with zero attached hydrogens (tertiary/aromatic N) is 1. The molecule has 11 aromatic carbocycles. The van der Waals surface area contributed by atoms with Crippen LogP contribution in [-0.2, 0) is 30.4 Å². The average molecular weight is 1450 g/mol. The van der Waals surface area contributed by atoms with Gasteiger partial charge in [-0.25, -0.2) is 0 Å². The van der Waals surface area contributed by atoms with Crippen molar-refractivity contribution in [3.8, 4) is 0 Å². The highest BCUT2D eigenvalue weighted by atomic mass is 35.5. The number of esters is 1. The van der Waals surface area contributed by atoms with E-state index in [2.05, 4.69) is 242 Å². The molecule has 0 radical (unpaired) electrons. The molecule has 0 aromatic heterocycles. The zero-order valence-corrected chi connectivity index (χ0v) is 68.2. The lowest BCUT2D eigenvalue weighted by Gasteiger charge is -1.96. The average Bonchev–Trinajstić information content (AvgIpc) is 0.969. The highest BCUT2D eigenvalue weighted by Gasteiger charge is 1.90. The number of hydrogen-bond acceptors (Lipinski definition) is 7. The number of amides is 1. The standard InChI is InChI=1S/C11H10.C8H10O.8C7H8.C3H9N.C3H6O2.C3H8.C2H5NO.C2H6O.C2H6S.CH3Cl.CH3F.CH4/c1-9-6-7-10-4-2-3-5-11(10)8-9;1-9-7-8-5-3-2-4-6-8;8*1-7-5-3-2-4-6-7;1-4(2)3;1-3(4)5-2;1-3-2;1-2(3)4;2*1-3-2;2*1-2;/h2-8H,1H3;2-6H,7H2,1H3;8*2-6H,1H3;1-3H3;1-2H3;3H2,1-2H3;1H3,(H2,3,4);2*1-2H3;2*1H3;1H4. The number of carbonyl (C=O) groups is 2. The van der Waals surface area contributed by atoms with E-state index in [4.69, 9.17) is 4.74 Å². The molecular weight excluding hydrogens is 1310 g/mol. The van der Waals surface area contributed by atoms with Crippen LogP contribution >= 0.6 is 23.4 Å². The lowest BCUT2D eigenvalue weighted by Crippen LogP contribution is -2.01. The van der Waals surface area contributed by atoms with E-state index in [-0.39, 0.29) is 19.3 Å². The third-order valence-electron chi connectivity index (χ3n) is 10.9. The Labute approximate surface area is 638 Å². The van der Waals surface area contributed by atoms with E-state index in [0.717, 1.165) is 0 Å². The molecule has 10 heteroatoms. The quantitative estimate of drug-likeness (QED) is 0.136. The summed E-state index contributed by atoms with van der Waals surface area (Å²) >= 11 is 6.39. The van der Waals surface area contributed by atoms with E-state index in [1.807, 2.05) is 214 Å². The number of methoxy groups -OCH3 is 3. The summed E-state index contributed by atoms with van der Waals surface area (Å²) in [6.07, 6.45) is 6.81. The molecule has 0 aliphatic heterocycles. The van der Waals surface area contributed by atoms with E-state index in [0.29, 0.717) is 13.8 Å². The summed E-state index contributed by atoms with van der Waals surface area (Å²) in [6.45, 7) is 26.4. The minimum atomic E-state index is -0.333. The molecule has 0 bridgehead atoms. The van der Waals surface area contributed by atoms with Crippen LogP contribution in [0.25, 0.3) is 10.8 Å². The van der Waals surface area contributed by atoms with Crippen LogP contribution in [0.2, 0.25) is 0 Å². The lowest BCUT2D eigenvalue weighted by molar-refractivity contribution is -0.138. The van der Waals surface area contributed by atoms with Gasteiger partial charge in [-0.2, -0.15) is 11.8 Å². The minimum absolute atomic E-state index is 0. The molecule has 11 rings (SSSR count). The van der Waals surface area contributed by atoms with Crippen molar-refractivity contribution in [1.29, 1.82) is 0 Å². The van der Waals surface area contributed by atoms with E-state index >= 15 is 0 Å². The Morgan fingerprint density at radius 2 is 0.524 bits per heavy atom. The first-order valence-corrected chi connectivity index (χ1v) is 35.9. The molecule has 11 aromatic rings. The highest BCUT2D eigenvalue weighted by Crippen LogP contribution is 2.14. The molecule has 1 amide bonds. The summed E-state index contributed by atoms with van der Waals surface area (Å²) in [5, 5.41) is 2.64. The number of aryl methyl sites for hydroxylation is 9. The predicted octanol–water partition coefficient (Wildman–Crippen LogP) is 25.5. The van der Waals surface area contributed by atoms with Gasteiger partial charge < -0.3 is 24.8 Å². The van der Waals surface area contributed by atoms with Crippen LogP contribution in [0.1, 0.15) is 97.2 Å². The van der Waals surface area contributed by atoms with Crippen LogP contribution in [0.5, 0.6) is 0 Å². The Kier molecular flexibility index (Phi) is 95.2. The molecule has 0 saturated heterocycles. The molecular formula is C93H134ClFN2O5S. The first kappa shape index (κ1) is 110. The van der Waals surface area contributed by atoms with Crippen LogP contribution in [0, 0.1) is 62.3 Å². The first-order valence-electron chi connectivity index (χ1n) is 33.5. The van der Waals surface area contributed by atoms with Crippen LogP contribution < -0.4 is 5.73 Å². The first-order chi connectivity index (χ1) is 48.9. The normalized spacial score (nSPS) is 8.22. The summed E-state index contributed by atoms with van der Waals surface area (Å²) in [6, 6.07) is 107. The van der Waals surface area contributed by atoms with Crippen LogP contribution in [0.4, 0.5) is 4.39 Å². The number of rotatable bonds is 2. The van der Waals surface area contributed by atoms with Crippen LogP contribution in [0.3, 0.4) is 0 Å². The molecule has 0 aliphatic carbocycles. The second-order valence-corrected chi connectivity index (χ2v) is 23.0. The summed E-state index contributed by atoms with van der Waals surface area (Å²) in [7, 11) is 12.8. The maximum atomic E-state index is 9.59. The molecule has 0 aliphatic rings. The lowest BCUT2D eigenvalue weighted by atomic mass is 10.1. The predicted molar refractivity (Wildman–Crippen MR) is 461 cm³/mol. The van der Waals surface area contributed by atoms with Crippen molar-refractivity contribution in [1.82, 2.24) is 4.90 Å². The Hall–Kier alpha value is -8.93. The Balaban J connectivity index is -0.000000157. The third-order valence-corrected chi connectivity index (χ3v) is 10.9. The maximum Gasteiger partial charge on any atom is 0.302 e. The van der Waals surface area contributed by atoms with E-state index in [1.165, 1.54) is 100 Å². The van der Waals surface area contributed by atoms with Gasteiger partial charge in [0, 0.05) is 41.6 Å². The summed E-state index contributed by atoms with van der Waals surface area (Å²) < 4.78 is 22.8. The second-order valence-electron chi connectivity index (χ2n) is 22.2. The molecule has 103 heavy (non-hydrogen) atoms. The number of nitrogens with two attached hydrogens (primary N) is 1. The van der Waals surface area contributed by atoms with Crippen molar-refractivity contribution in [2.75, 3.05) is 75.7 Å². The van der Waals surface area contributed by atoms with Gasteiger partial charge in [-0.05, 0) is 112 Å². The second kappa shape index (κ2) is 89.2. The fourth-order valence-electron chi connectivity index (χ4n) is 6.32. The van der Waals surface area contributed by atoms with Crippen molar-refractivity contribution >= 4 is 46.0 Å². The topological polar surface area (TPSA) is 91.1 Å². The third kappa shape index (κ3) is 99.5. The SMILES string of the molecule is C.CC(N)=O.CCC.CCl.CF.CN(C)C.COC.COC(C)=O.COCc1ccccc1.CSC.Cc1ccc2ccccc2c1.Cc1ccccc1.Cc1ccccc1.Cc1ccccc1.Cc1ccccc1.Cc1ccccc1.Cc1ccccc1.Cc1ccccc1.Cc1ccccc1. The molecule has 0 saturated carbocycles. The number of carbonyl (C=O) groups excluding carboxylic acids is 2. The van der Waals surface area contributed by atoms with Gasteiger partial charge in [0.1, 0.15) is 0 Å². The number of ether oxygens (including phenoxy) is 3. The largest absolute Gasteiger partial charge is 0.469 e. The minimum Gasteiger partial charge on any atom is -0.469 e. The fraction of sp³-hybridized carbons (Fsp3) is 0.290. The number of primary amides is 1. The molecule has 0 spiro atoms. The molecule has 0 heterocycles. The van der Waals surface area contributed by atoms with Crippen molar-refractivity contribution < 1.29 is 28.2 Å². The van der Waals surface area contributed by atoms with Gasteiger partial charge in [-0.3, -0.25) is 14.0 Å². The summed E-state index contributed by atoms with van der Waals surface area (Å²) in [5.41, 5.74) is 17.6. The van der Waals surface area contributed by atoms with Gasteiger partial charge in [0.15, 0.2) is 0 Å².